The van der Waals surface area contributed by atoms with Crippen LogP contribution in [0.2, 0.25) is 0 Å². The molecule has 0 aromatic heterocycles. The van der Waals surface area contributed by atoms with E-state index < -0.39 is 6.17 Å². The average molecular weight is 209 g/mol. The Morgan fingerprint density at radius 1 is 1.20 bits per heavy atom. The van der Waals surface area contributed by atoms with E-state index in [9.17, 15) is 4.39 Å². The van der Waals surface area contributed by atoms with Crippen LogP contribution in [-0.4, -0.2) is 13.2 Å². The van der Waals surface area contributed by atoms with Gasteiger partial charge in [-0.1, -0.05) is 12.1 Å². The fraction of sp³-hybridized carbons (Fsp3) is 0.500. The average Bonchev–Trinajstić information content (AvgIpc) is 2.30. The van der Waals surface area contributed by atoms with E-state index in [0.29, 0.717) is 18.9 Å². The van der Waals surface area contributed by atoms with Crippen LogP contribution in [-0.2, 0) is 4.74 Å². The molecule has 0 radical (unpaired) electrons. The summed E-state index contributed by atoms with van der Waals surface area (Å²) in [5, 5.41) is 0. The Morgan fingerprint density at radius 2 is 1.80 bits per heavy atom. The van der Waals surface area contributed by atoms with E-state index in [2.05, 4.69) is 0 Å². The predicted octanol–water partition coefficient (Wildman–Crippen LogP) is 2.71. The van der Waals surface area contributed by atoms with Crippen molar-refractivity contribution in [3.05, 3.63) is 29.8 Å². The third-order valence-electron chi connectivity index (χ3n) is 2.93. The van der Waals surface area contributed by atoms with E-state index in [1.165, 1.54) is 0 Å². The van der Waals surface area contributed by atoms with E-state index in [1.807, 2.05) is 0 Å². The summed E-state index contributed by atoms with van der Waals surface area (Å²) in [6.45, 7) is 1.36. The highest BCUT2D eigenvalue weighted by molar-refractivity contribution is 5.39. The van der Waals surface area contributed by atoms with Gasteiger partial charge in [-0.15, -0.1) is 0 Å². The van der Waals surface area contributed by atoms with Crippen molar-refractivity contribution in [3.8, 4) is 0 Å². The molecule has 1 heterocycles. The summed E-state index contributed by atoms with van der Waals surface area (Å²) in [5.41, 5.74) is 6.97. The summed E-state index contributed by atoms with van der Waals surface area (Å²) in [6, 6.07) is 7.05. The number of hydrogen-bond acceptors (Lipinski definition) is 2. The molecule has 1 aromatic carbocycles. The second-order valence-corrected chi connectivity index (χ2v) is 4.02. The van der Waals surface area contributed by atoms with Crippen molar-refractivity contribution < 1.29 is 9.13 Å². The van der Waals surface area contributed by atoms with Gasteiger partial charge in [-0.25, -0.2) is 4.39 Å². The first kappa shape index (κ1) is 10.4. The quantitative estimate of drug-likeness (QED) is 0.760. The minimum absolute atomic E-state index is 0.0994. The lowest BCUT2D eigenvalue weighted by Gasteiger charge is -2.25. The minimum atomic E-state index is -0.880. The van der Waals surface area contributed by atoms with Gasteiger partial charge >= 0.3 is 0 Å². The number of halogens is 1. The number of anilines is 1. The maximum Gasteiger partial charge on any atom is 0.128 e. The first-order valence-electron chi connectivity index (χ1n) is 5.34. The lowest BCUT2D eigenvalue weighted by atomic mass is 9.90. The zero-order valence-corrected chi connectivity index (χ0v) is 8.66. The molecule has 1 saturated heterocycles. The Kier molecular flexibility index (Phi) is 3.21. The Morgan fingerprint density at radius 3 is 2.40 bits per heavy atom. The van der Waals surface area contributed by atoms with Gasteiger partial charge in [0.2, 0.25) is 0 Å². The highest BCUT2D eigenvalue weighted by atomic mass is 19.1. The van der Waals surface area contributed by atoms with Crippen LogP contribution in [0.1, 0.15) is 24.6 Å². The fourth-order valence-corrected chi connectivity index (χ4v) is 1.96. The van der Waals surface area contributed by atoms with Crippen LogP contribution in [0.25, 0.3) is 0 Å². The number of ether oxygens (including phenoxy) is 1. The predicted molar refractivity (Wildman–Crippen MR) is 58.2 cm³/mol. The van der Waals surface area contributed by atoms with Crippen molar-refractivity contribution in [1.82, 2.24) is 0 Å². The van der Waals surface area contributed by atoms with Crippen LogP contribution in [0.4, 0.5) is 10.1 Å². The van der Waals surface area contributed by atoms with Crippen LogP contribution < -0.4 is 5.73 Å². The van der Waals surface area contributed by atoms with Gasteiger partial charge in [0.25, 0.3) is 0 Å². The number of alkyl halides is 1. The molecule has 3 heteroatoms. The van der Waals surface area contributed by atoms with Crippen LogP contribution in [0.15, 0.2) is 24.3 Å². The minimum Gasteiger partial charge on any atom is -0.399 e. The number of rotatable bonds is 2. The van der Waals surface area contributed by atoms with Gasteiger partial charge in [0, 0.05) is 18.9 Å². The van der Waals surface area contributed by atoms with Crippen LogP contribution in [0, 0.1) is 5.92 Å². The Hall–Kier alpha value is -1.09. The van der Waals surface area contributed by atoms with Crippen molar-refractivity contribution in [1.29, 1.82) is 0 Å². The summed E-state index contributed by atoms with van der Waals surface area (Å²) in [6.07, 6.45) is 0.742. The van der Waals surface area contributed by atoms with Gasteiger partial charge in [0.1, 0.15) is 6.17 Å². The molecule has 1 atom stereocenters. The summed E-state index contributed by atoms with van der Waals surface area (Å²) < 4.78 is 19.3. The molecular weight excluding hydrogens is 193 g/mol. The number of nitrogen functional groups attached to an aromatic ring is 1. The third-order valence-corrected chi connectivity index (χ3v) is 2.93. The lowest BCUT2D eigenvalue weighted by molar-refractivity contribution is 0.0365. The molecule has 15 heavy (non-hydrogen) atoms. The molecule has 0 aliphatic carbocycles. The lowest BCUT2D eigenvalue weighted by Crippen LogP contribution is -2.19. The van der Waals surface area contributed by atoms with E-state index >= 15 is 0 Å². The summed E-state index contributed by atoms with van der Waals surface area (Å²) in [7, 11) is 0. The normalized spacial score (nSPS) is 20.1. The molecule has 2 rings (SSSR count). The van der Waals surface area contributed by atoms with E-state index in [4.69, 9.17) is 10.5 Å². The van der Waals surface area contributed by atoms with Crippen molar-refractivity contribution in [2.45, 2.75) is 19.0 Å². The van der Waals surface area contributed by atoms with Gasteiger partial charge in [-0.2, -0.15) is 0 Å². The molecule has 1 aliphatic heterocycles. The molecule has 1 unspecified atom stereocenters. The first-order valence-corrected chi connectivity index (χ1v) is 5.34. The largest absolute Gasteiger partial charge is 0.399 e. The summed E-state index contributed by atoms with van der Waals surface area (Å²) in [4.78, 5) is 0. The van der Waals surface area contributed by atoms with Crippen molar-refractivity contribution in [3.63, 3.8) is 0 Å². The van der Waals surface area contributed by atoms with E-state index in [0.717, 1.165) is 18.4 Å². The molecule has 0 saturated carbocycles. The smallest absolute Gasteiger partial charge is 0.128 e. The van der Waals surface area contributed by atoms with Crippen LogP contribution >= 0.6 is 0 Å². The Balaban J connectivity index is 2.05. The molecular formula is C12H16FNO. The zero-order chi connectivity index (χ0) is 10.7. The topological polar surface area (TPSA) is 35.2 Å². The van der Waals surface area contributed by atoms with E-state index in [1.54, 1.807) is 24.3 Å². The van der Waals surface area contributed by atoms with Gasteiger partial charge in [0.05, 0.1) is 0 Å². The third kappa shape index (κ3) is 2.48. The maximum absolute atomic E-state index is 14.1. The zero-order valence-electron chi connectivity index (χ0n) is 8.66. The maximum atomic E-state index is 14.1. The molecule has 2 nitrogen and oxygen atoms in total. The standard InChI is InChI=1S/C12H16FNO/c13-12(10-5-7-15-8-6-10)9-1-3-11(14)4-2-9/h1-4,10,12H,5-8,14H2. The molecule has 1 aliphatic rings. The number of benzene rings is 1. The van der Waals surface area contributed by atoms with Crippen molar-refractivity contribution >= 4 is 5.69 Å². The fourth-order valence-electron chi connectivity index (χ4n) is 1.96. The SMILES string of the molecule is Nc1ccc(C(F)C2CCOCC2)cc1. The first-order chi connectivity index (χ1) is 7.27. The molecule has 0 spiro atoms. The summed E-state index contributed by atoms with van der Waals surface area (Å²) in [5.74, 6) is 0.0994. The van der Waals surface area contributed by atoms with Crippen LogP contribution in [0.5, 0.6) is 0 Å². The van der Waals surface area contributed by atoms with Crippen molar-refractivity contribution in [2.75, 3.05) is 18.9 Å². The monoisotopic (exact) mass is 209 g/mol. The van der Waals surface area contributed by atoms with E-state index in [-0.39, 0.29) is 5.92 Å². The Labute approximate surface area is 89.2 Å². The molecule has 1 aromatic rings. The second kappa shape index (κ2) is 4.62. The molecule has 1 fully saturated rings. The number of nitrogens with two attached hydrogens (primary N) is 1. The molecule has 0 bridgehead atoms. The van der Waals surface area contributed by atoms with Crippen molar-refractivity contribution in [2.24, 2.45) is 5.92 Å². The highest BCUT2D eigenvalue weighted by Crippen LogP contribution is 2.33. The molecule has 82 valence electrons. The van der Waals surface area contributed by atoms with Gasteiger partial charge in [-0.3, -0.25) is 0 Å². The van der Waals surface area contributed by atoms with Gasteiger partial charge < -0.3 is 10.5 Å². The second-order valence-electron chi connectivity index (χ2n) is 4.02. The van der Waals surface area contributed by atoms with Gasteiger partial charge in [0.15, 0.2) is 0 Å². The van der Waals surface area contributed by atoms with Gasteiger partial charge in [-0.05, 0) is 36.5 Å². The number of hydrogen-bond donors (Lipinski definition) is 1. The molecule has 0 amide bonds. The Bertz CT molecular complexity index is 306. The van der Waals surface area contributed by atoms with Crippen LogP contribution in [0.3, 0.4) is 0 Å². The summed E-state index contributed by atoms with van der Waals surface area (Å²) >= 11 is 0. The highest BCUT2D eigenvalue weighted by Gasteiger charge is 2.24. The molecule has 2 N–H and O–H groups in total.